The van der Waals surface area contributed by atoms with Crippen LogP contribution in [0.1, 0.15) is 46.5 Å². The third kappa shape index (κ3) is 4.52. The summed E-state index contributed by atoms with van der Waals surface area (Å²) in [4.78, 5) is 42.7. The second-order valence-electron chi connectivity index (χ2n) is 8.35. The molecule has 2 atom stereocenters. The minimum Gasteiger partial charge on any atom is -0.480 e. The molecule has 0 bridgehead atoms. The van der Waals surface area contributed by atoms with Crippen molar-refractivity contribution in [1.82, 2.24) is 9.88 Å². The van der Waals surface area contributed by atoms with Crippen molar-refractivity contribution < 1.29 is 19.5 Å². The Hall–Kier alpha value is -3.71. The Balaban J connectivity index is 1.53. The van der Waals surface area contributed by atoms with Crippen LogP contribution in [0.15, 0.2) is 60.8 Å². The van der Waals surface area contributed by atoms with Gasteiger partial charge in [0.1, 0.15) is 11.2 Å². The number of carboxylic acid groups (broad SMARTS) is 1. The molecule has 7 nitrogen and oxygen atoms in total. The zero-order valence-corrected chi connectivity index (χ0v) is 19.5. The molecule has 0 aliphatic carbocycles. The Morgan fingerprint density at radius 1 is 1.15 bits per heavy atom. The van der Waals surface area contributed by atoms with Crippen LogP contribution in [0.4, 0.5) is 5.69 Å². The van der Waals surface area contributed by atoms with E-state index in [1.165, 1.54) is 11.1 Å². The highest BCUT2D eigenvalue weighted by atomic mass is 35.5. The maximum absolute atomic E-state index is 13.1. The number of carboxylic acids is 1. The van der Waals surface area contributed by atoms with Crippen LogP contribution in [0, 0.1) is 5.92 Å². The number of halogens is 1. The van der Waals surface area contributed by atoms with Crippen molar-refractivity contribution in [2.75, 3.05) is 5.32 Å². The molecule has 0 radical (unpaired) electrons. The average Bonchev–Trinajstić information content (AvgIpc) is 3.14. The number of pyridine rings is 1. The van der Waals surface area contributed by atoms with Crippen LogP contribution in [0.5, 0.6) is 0 Å². The molecule has 0 saturated heterocycles. The molecule has 1 aliphatic heterocycles. The molecular weight excluding hydrogens is 454 g/mol. The highest BCUT2D eigenvalue weighted by Crippen LogP contribution is 2.32. The van der Waals surface area contributed by atoms with E-state index < -0.39 is 12.0 Å². The molecule has 4 rings (SSSR count). The minimum atomic E-state index is -0.985. The number of nitrogens with one attached hydrogen (secondary N) is 1. The molecule has 1 aromatic heterocycles. The van der Waals surface area contributed by atoms with E-state index in [0.717, 1.165) is 16.7 Å². The molecule has 1 aliphatic rings. The lowest BCUT2D eigenvalue weighted by Crippen LogP contribution is -2.45. The summed E-state index contributed by atoms with van der Waals surface area (Å²) in [7, 11) is 0. The highest BCUT2D eigenvalue weighted by Gasteiger charge is 2.38. The average molecular weight is 478 g/mol. The topological polar surface area (TPSA) is 99.6 Å². The third-order valence-electron chi connectivity index (χ3n) is 6.19. The first-order valence-electron chi connectivity index (χ1n) is 11.0. The molecule has 2 aromatic carbocycles. The van der Waals surface area contributed by atoms with E-state index in [4.69, 9.17) is 11.6 Å². The molecule has 2 amide bonds. The predicted octanol–water partition coefficient (Wildman–Crippen LogP) is 5.11. The molecule has 2 heterocycles. The first-order chi connectivity index (χ1) is 16.3. The number of hydrogen-bond donors (Lipinski definition) is 2. The minimum absolute atomic E-state index is 0.131. The molecular formula is C26H24ClN3O4. The number of rotatable bonds is 7. The highest BCUT2D eigenvalue weighted by molar-refractivity contribution is 6.33. The maximum atomic E-state index is 13.1. The second kappa shape index (κ2) is 9.65. The molecule has 3 aromatic rings. The van der Waals surface area contributed by atoms with Gasteiger partial charge in [-0.2, -0.15) is 0 Å². The fourth-order valence-corrected chi connectivity index (χ4v) is 4.34. The van der Waals surface area contributed by atoms with Crippen LogP contribution < -0.4 is 5.32 Å². The van der Waals surface area contributed by atoms with E-state index in [9.17, 15) is 19.5 Å². The van der Waals surface area contributed by atoms with Gasteiger partial charge in [0.15, 0.2) is 0 Å². The van der Waals surface area contributed by atoms with Gasteiger partial charge in [-0.3, -0.25) is 9.59 Å². The van der Waals surface area contributed by atoms with E-state index in [2.05, 4.69) is 10.3 Å². The lowest BCUT2D eigenvalue weighted by molar-refractivity contribution is -0.144. The molecule has 0 fully saturated rings. The molecule has 0 saturated carbocycles. The summed E-state index contributed by atoms with van der Waals surface area (Å²) < 4.78 is 0. The summed E-state index contributed by atoms with van der Waals surface area (Å²) in [5, 5.41) is 12.6. The van der Waals surface area contributed by atoms with Gasteiger partial charge in [0, 0.05) is 24.0 Å². The quantitative estimate of drug-likeness (QED) is 0.460. The van der Waals surface area contributed by atoms with Gasteiger partial charge in [0.05, 0.1) is 5.56 Å². The Kier molecular flexibility index (Phi) is 6.65. The number of amides is 2. The predicted molar refractivity (Wildman–Crippen MR) is 130 cm³/mol. The van der Waals surface area contributed by atoms with E-state index in [1.807, 2.05) is 38.1 Å². The summed E-state index contributed by atoms with van der Waals surface area (Å²) in [6.07, 6.45) is 2.18. The van der Waals surface area contributed by atoms with Gasteiger partial charge in [-0.15, -0.1) is 0 Å². The van der Waals surface area contributed by atoms with Gasteiger partial charge in [-0.25, -0.2) is 9.78 Å². The van der Waals surface area contributed by atoms with Crippen LogP contribution >= 0.6 is 11.6 Å². The Morgan fingerprint density at radius 2 is 1.85 bits per heavy atom. The molecule has 8 heteroatoms. The van der Waals surface area contributed by atoms with E-state index in [1.54, 1.807) is 30.3 Å². The molecule has 2 N–H and O–H groups in total. The molecule has 174 valence electrons. The Morgan fingerprint density at radius 3 is 2.50 bits per heavy atom. The van der Waals surface area contributed by atoms with Crippen LogP contribution in [0.2, 0.25) is 5.15 Å². The zero-order valence-electron chi connectivity index (χ0n) is 18.8. The summed E-state index contributed by atoms with van der Waals surface area (Å²) in [5.74, 6) is -1.76. The molecule has 0 spiro atoms. The number of aliphatic carboxylic acids is 1. The Bertz CT molecular complexity index is 1260. The summed E-state index contributed by atoms with van der Waals surface area (Å²) in [6, 6.07) is 15.2. The summed E-state index contributed by atoms with van der Waals surface area (Å²) in [6.45, 7) is 4.06. The van der Waals surface area contributed by atoms with Gasteiger partial charge in [0.25, 0.3) is 11.8 Å². The number of anilines is 1. The van der Waals surface area contributed by atoms with Crippen molar-refractivity contribution in [3.05, 3.63) is 82.6 Å². The smallest absolute Gasteiger partial charge is 0.326 e. The first-order valence-corrected chi connectivity index (χ1v) is 11.4. The number of carbonyl (C=O) groups excluding carboxylic acids is 2. The van der Waals surface area contributed by atoms with Crippen molar-refractivity contribution in [2.45, 2.75) is 32.9 Å². The molecule has 34 heavy (non-hydrogen) atoms. The number of carbonyl (C=O) groups is 3. The van der Waals surface area contributed by atoms with Crippen LogP contribution in [0.25, 0.3) is 11.1 Å². The Labute approximate surface area is 202 Å². The third-order valence-corrected chi connectivity index (χ3v) is 6.49. The zero-order chi connectivity index (χ0) is 24.4. The largest absolute Gasteiger partial charge is 0.480 e. The van der Waals surface area contributed by atoms with E-state index in [0.29, 0.717) is 17.7 Å². The fraction of sp³-hybridized carbons (Fsp3) is 0.231. The van der Waals surface area contributed by atoms with Gasteiger partial charge in [-0.05, 0) is 52.9 Å². The normalized spacial score (nSPS) is 14.4. The van der Waals surface area contributed by atoms with Crippen molar-refractivity contribution >= 4 is 35.1 Å². The number of aromatic nitrogens is 1. The number of benzene rings is 2. The van der Waals surface area contributed by atoms with Crippen molar-refractivity contribution in [2.24, 2.45) is 5.92 Å². The van der Waals surface area contributed by atoms with Gasteiger partial charge < -0.3 is 15.3 Å². The monoisotopic (exact) mass is 477 g/mol. The number of hydrogen-bond acceptors (Lipinski definition) is 4. The summed E-state index contributed by atoms with van der Waals surface area (Å²) in [5.41, 5.74) is 3.92. The lowest BCUT2D eigenvalue weighted by atomic mass is 9.98. The van der Waals surface area contributed by atoms with E-state index >= 15 is 0 Å². The fourth-order valence-electron chi connectivity index (χ4n) is 4.13. The van der Waals surface area contributed by atoms with Crippen LogP contribution in [0.3, 0.4) is 0 Å². The van der Waals surface area contributed by atoms with Crippen molar-refractivity contribution in [3.63, 3.8) is 0 Å². The molecule has 2 unspecified atom stereocenters. The van der Waals surface area contributed by atoms with Crippen LogP contribution in [-0.2, 0) is 11.3 Å². The lowest BCUT2D eigenvalue weighted by Gasteiger charge is -2.28. The van der Waals surface area contributed by atoms with Crippen molar-refractivity contribution in [3.8, 4) is 11.1 Å². The second-order valence-corrected chi connectivity index (χ2v) is 8.70. The number of fused-ring (bicyclic) bond motifs is 1. The van der Waals surface area contributed by atoms with Gasteiger partial charge >= 0.3 is 5.97 Å². The van der Waals surface area contributed by atoms with Gasteiger partial charge in [-0.1, -0.05) is 56.1 Å². The summed E-state index contributed by atoms with van der Waals surface area (Å²) >= 11 is 5.99. The standard InChI is InChI=1S/C26H24ClN3O4/c1-3-15(2)22(26(33)34)30-14-18-7-6-17(13-21(18)25(30)32)16-8-10-19(11-9-16)29-24(31)20-5-4-12-28-23(20)27/h4-13,15,22H,3,14H2,1-2H3,(H,29,31)(H,33,34). The van der Waals surface area contributed by atoms with Crippen LogP contribution in [-0.4, -0.2) is 38.8 Å². The van der Waals surface area contributed by atoms with E-state index in [-0.39, 0.29) is 35.0 Å². The van der Waals surface area contributed by atoms with Crippen molar-refractivity contribution in [1.29, 1.82) is 0 Å². The SMILES string of the molecule is CCC(C)C(C(=O)O)N1Cc2ccc(-c3ccc(NC(=O)c4cccnc4Cl)cc3)cc2C1=O. The maximum Gasteiger partial charge on any atom is 0.326 e. The first kappa shape index (κ1) is 23.4. The van der Waals surface area contributed by atoms with Gasteiger partial charge in [0.2, 0.25) is 0 Å². The number of nitrogens with zero attached hydrogens (tertiary/aromatic N) is 2.